The summed E-state index contributed by atoms with van der Waals surface area (Å²) < 4.78 is 0. The summed E-state index contributed by atoms with van der Waals surface area (Å²) in [6.45, 7) is 3.19. The molecule has 1 aliphatic rings. The molecule has 0 unspecified atom stereocenters. The van der Waals surface area contributed by atoms with E-state index in [1.165, 1.54) is 12.8 Å². The zero-order chi connectivity index (χ0) is 11.7. The van der Waals surface area contributed by atoms with Crippen molar-refractivity contribution in [3.05, 3.63) is 30.1 Å². The largest absolute Gasteiger partial charge is 0.341 e. The average Bonchev–Trinajstić information content (AvgIpc) is 2.74. The van der Waals surface area contributed by atoms with Crippen molar-refractivity contribution in [2.75, 3.05) is 13.1 Å². The number of piperidine rings is 1. The van der Waals surface area contributed by atoms with Gasteiger partial charge in [-0.05, 0) is 38.1 Å². The highest BCUT2D eigenvalue weighted by atomic mass is 32.1. The fourth-order valence-corrected chi connectivity index (χ4v) is 2.60. The van der Waals surface area contributed by atoms with Crippen LogP contribution >= 0.6 is 12.6 Å². The maximum absolute atomic E-state index is 4.61. The topological polar surface area (TPSA) is 31.9 Å². The van der Waals surface area contributed by atoms with Crippen molar-refractivity contribution in [1.29, 1.82) is 0 Å². The van der Waals surface area contributed by atoms with Crippen LogP contribution in [-0.4, -0.2) is 33.2 Å². The minimum atomic E-state index is 0.585. The number of para-hydroxylation sites is 2. The van der Waals surface area contributed by atoms with Gasteiger partial charge in [-0.25, -0.2) is 4.98 Å². The molecule has 1 fully saturated rings. The highest BCUT2D eigenvalue weighted by Crippen LogP contribution is 2.17. The third-order valence-corrected chi connectivity index (χ3v) is 3.89. The first-order valence-corrected chi connectivity index (χ1v) is 6.67. The molecule has 0 atom stereocenters. The molecule has 0 radical (unpaired) electrons. The van der Waals surface area contributed by atoms with Gasteiger partial charge in [0.15, 0.2) is 0 Å². The number of hydrogen-bond donors (Lipinski definition) is 2. The van der Waals surface area contributed by atoms with Gasteiger partial charge in [0.2, 0.25) is 0 Å². The number of nitrogens with one attached hydrogen (secondary N) is 1. The fraction of sp³-hybridized carbons (Fsp3) is 0.462. The van der Waals surface area contributed by atoms with Gasteiger partial charge in [0.1, 0.15) is 5.82 Å². The molecule has 3 rings (SSSR count). The zero-order valence-electron chi connectivity index (χ0n) is 9.76. The molecular weight excluding hydrogens is 230 g/mol. The molecule has 0 saturated carbocycles. The molecule has 1 aromatic carbocycles. The van der Waals surface area contributed by atoms with E-state index >= 15 is 0 Å². The normalized spacial score (nSPS) is 18.9. The molecule has 1 saturated heterocycles. The molecule has 4 heteroatoms. The Labute approximate surface area is 107 Å². The summed E-state index contributed by atoms with van der Waals surface area (Å²) in [4.78, 5) is 10.4. The van der Waals surface area contributed by atoms with Crippen LogP contribution in [0.3, 0.4) is 0 Å². The van der Waals surface area contributed by atoms with Gasteiger partial charge in [0, 0.05) is 5.25 Å². The quantitative estimate of drug-likeness (QED) is 0.799. The predicted octanol–water partition coefficient (Wildman–Crippen LogP) is 2.46. The molecule has 3 nitrogen and oxygen atoms in total. The number of fused-ring (bicyclic) bond motifs is 1. The lowest BCUT2D eigenvalue weighted by atomic mass is 10.1. The first kappa shape index (κ1) is 11.1. The van der Waals surface area contributed by atoms with E-state index in [4.69, 9.17) is 0 Å². The molecular formula is C13H17N3S. The lowest BCUT2D eigenvalue weighted by Crippen LogP contribution is -2.33. The van der Waals surface area contributed by atoms with E-state index in [0.717, 1.165) is 36.5 Å². The monoisotopic (exact) mass is 247 g/mol. The van der Waals surface area contributed by atoms with Crippen LogP contribution in [0, 0.1) is 0 Å². The molecule has 90 valence electrons. The third-order valence-electron chi connectivity index (χ3n) is 3.37. The van der Waals surface area contributed by atoms with E-state index in [2.05, 4.69) is 39.6 Å². The minimum Gasteiger partial charge on any atom is -0.341 e. The summed E-state index contributed by atoms with van der Waals surface area (Å²) in [5.74, 6) is 1.07. The van der Waals surface area contributed by atoms with E-state index in [1.807, 2.05) is 12.1 Å². The second kappa shape index (κ2) is 4.70. The maximum Gasteiger partial charge on any atom is 0.121 e. The molecule has 2 aromatic rings. The van der Waals surface area contributed by atoms with Crippen molar-refractivity contribution in [1.82, 2.24) is 14.9 Å². The van der Waals surface area contributed by atoms with E-state index in [-0.39, 0.29) is 0 Å². The lowest BCUT2D eigenvalue weighted by Gasteiger charge is -2.28. The smallest absolute Gasteiger partial charge is 0.121 e. The minimum absolute atomic E-state index is 0.585. The number of benzene rings is 1. The average molecular weight is 247 g/mol. The maximum atomic E-state index is 4.61. The van der Waals surface area contributed by atoms with Crippen molar-refractivity contribution in [3.63, 3.8) is 0 Å². The number of rotatable bonds is 2. The SMILES string of the molecule is SC1CCN(Cc2nc3ccccc3[nH]2)CC1. The Balaban J connectivity index is 1.72. The van der Waals surface area contributed by atoms with Gasteiger partial charge in [-0.3, -0.25) is 4.90 Å². The summed E-state index contributed by atoms with van der Waals surface area (Å²) >= 11 is 4.52. The summed E-state index contributed by atoms with van der Waals surface area (Å²) in [5.41, 5.74) is 2.19. The molecule has 17 heavy (non-hydrogen) atoms. The number of aromatic amines is 1. The second-order valence-electron chi connectivity index (χ2n) is 4.71. The fourth-order valence-electron chi connectivity index (χ4n) is 2.37. The summed E-state index contributed by atoms with van der Waals surface area (Å²) in [7, 11) is 0. The molecule has 0 bridgehead atoms. The summed E-state index contributed by atoms with van der Waals surface area (Å²) in [6, 6.07) is 8.19. The Morgan fingerprint density at radius 1 is 1.29 bits per heavy atom. The lowest BCUT2D eigenvalue weighted by molar-refractivity contribution is 0.221. The number of H-pyrrole nitrogens is 1. The Bertz CT molecular complexity index is 467. The number of likely N-dealkylation sites (tertiary alicyclic amines) is 1. The Hall–Kier alpha value is -1.00. The Morgan fingerprint density at radius 2 is 2.06 bits per heavy atom. The van der Waals surface area contributed by atoms with Gasteiger partial charge in [0.25, 0.3) is 0 Å². The highest BCUT2D eigenvalue weighted by molar-refractivity contribution is 7.80. The number of thiol groups is 1. The van der Waals surface area contributed by atoms with Crippen LogP contribution in [0.1, 0.15) is 18.7 Å². The van der Waals surface area contributed by atoms with Gasteiger partial charge in [0.05, 0.1) is 17.6 Å². The number of hydrogen-bond acceptors (Lipinski definition) is 3. The van der Waals surface area contributed by atoms with Crippen molar-refractivity contribution >= 4 is 23.7 Å². The van der Waals surface area contributed by atoms with Crippen LogP contribution in [0.4, 0.5) is 0 Å². The van der Waals surface area contributed by atoms with Crippen LogP contribution in [0.25, 0.3) is 11.0 Å². The molecule has 2 heterocycles. The third kappa shape index (κ3) is 2.48. The molecule has 1 N–H and O–H groups in total. The first-order valence-electron chi connectivity index (χ1n) is 6.15. The van der Waals surface area contributed by atoms with Crippen LogP contribution in [-0.2, 0) is 6.54 Å². The zero-order valence-corrected chi connectivity index (χ0v) is 10.7. The van der Waals surface area contributed by atoms with Crippen LogP contribution < -0.4 is 0 Å². The van der Waals surface area contributed by atoms with Gasteiger partial charge >= 0.3 is 0 Å². The number of nitrogens with zero attached hydrogens (tertiary/aromatic N) is 2. The van der Waals surface area contributed by atoms with Crippen molar-refractivity contribution in [2.45, 2.75) is 24.6 Å². The number of aromatic nitrogens is 2. The van der Waals surface area contributed by atoms with E-state index in [9.17, 15) is 0 Å². The van der Waals surface area contributed by atoms with Gasteiger partial charge in [-0.2, -0.15) is 12.6 Å². The second-order valence-corrected chi connectivity index (χ2v) is 5.44. The van der Waals surface area contributed by atoms with E-state index < -0.39 is 0 Å². The van der Waals surface area contributed by atoms with Crippen LogP contribution in [0.15, 0.2) is 24.3 Å². The van der Waals surface area contributed by atoms with Crippen LogP contribution in [0.5, 0.6) is 0 Å². The van der Waals surface area contributed by atoms with E-state index in [0.29, 0.717) is 5.25 Å². The highest BCUT2D eigenvalue weighted by Gasteiger charge is 2.17. The van der Waals surface area contributed by atoms with Gasteiger partial charge in [-0.1, -0.05) is 12.1 Å². The Kier molecular flexibility index (Phi) is 3.07. The van der Waals surface area contributed by atoms with Gasteiger partial charge in [-0.15, -0.1) is 0 Å². The van der Waals surface area contributed by atoms with Crippen molar-refractivity contribution < 1.29 is 0 Å². The standard InChI is InChI=1S/C13H17N3S/c17-10-5-7-16(8-6-10)9-13-14-11-3-1-2-4-12(11)15-13/h1-4,10,17H,5-9H2,(H,14,15). The molecule has 0 aliphatic carbocycles. The molecule has 1 aromatic heterocycles. The van der Waals surface area contributed by atoms with Gasteiger partial charge < -0.3 is 4.98 Å². The first-order chi connectivity index (χ1) is 8.31. The molecule has 0 spiro atoms. The molecule has 0 amide bonds. The Morgan fingerprint density at radius 3 is 2.82 bits per heavy atom. The number of imidazole rings is 1. The summed E-state index contributed by atoms with van der Waals surface area (Å²) in [5, 5.41) is 0.585. The van der Waals surface area contributed by atoms with Crippen molar-refractivity contribution in [2.24, 2.45) is 0 Å². The van der Waals surface area contributed by atoms with Crippen LogP contribution in [0.2, 0.25) is 0 Å². The van der Waals surface area contributed by atoms with E-state index in [1.54, 1.807) is 0 Å². The predicted molar refractivity (Wildman–Crippen MR) is 73.4 cm³/mol. The van der Waals surface area contributed by atoms with Crippen molar-refractivity contribution in [3.8, 4) is 0 Å². The molecule has 1 aliphatic heterocycles. The summed E-state index contributed by atoms with van der Waals surface area (Å²) in [6.07, 6.45) is 2.37.